The fourth-order valence-electron chi connectivity index (χ4n) is 3.09. The lowest BCUT2D eigenvalue weighted by Gasteiger charge is -2.39. The first-order valence-corrected chi connectivity index (χ1v) is 8.87. The van der Waals surface area contributed by atoms with Crippen molar-refractivity contribution in [3.8, 4) is 0 Å². The highest BCUT2D eigenvalue weighted by Gasteiger charge is 2.41. The summed E-state index contributed by atoms with van der Waals surface area (Å²) in [7, 11) is 1.68. The van der Waals surface area contributed by atoms with Gasteiger partial charge in [0, 0.05) is 46.4 Å². The molecule has 2 rings (SSSR count). The molecule has 2 heterocycles. The van der Waals surface area contributed by atoms with Gasteiger partial charge in [0.1, 0.15) is 6.04 Å². The van der Waals surface area contributed by atoms with Gasteiger partial charge in [-0.25, -0.2) is 0 Å². The van der Waals surface area contributed by atoms with Crippen molar-refractivity contribution < 1.29 is 22.6 Å². The van der Waals surface area contributed by atoms with Gasteiger partial charge < -0.3 is 19.7 Å². The van der Waals surface area contributed by atoms with Gasteiger partial charge in [-0.05, 0) is 19.8 Å². The van der Waals surface area contributed by atoms with Crippen molar-refractivity contribution in [2.75, 3.05) is 59.6 Å². The minimum Gasteiger partial charge on any atom is -0.377 e. The summed E-state index contributed by atoms with van der Waals surface area (Å²) in [6, 6.07) is -1.41. The maximum Gasteiger partial charge on any atom is 0.403 e. The quantitative estimate of drug-likeness (QED) is 0.265. The van der Waals surface area contributed by atoms with E-state index in [2.05, 4.69) is 10.3 Å². The first-order valence-electron chi connectivity index (χ1n) is 8.87. The number of guanidine groups is 1. The molecule has 0 bridgehead atoms. The molecule has 2 fully saturated rings. The Balaban J connectivity index is 0.00000338. The van der Waals surface area contributed by atoms with Crippen LogP contribution in [-0.4, -0.2) is 93.7 Å². The third kappa shape index (κ3) is 7.35. The minimum absolute atomic E-state index is 0. The molecule has 10 heteroatoms. The van der Waals surface area contributed by atoms with Gasteiger partial charge in [0.25, 0.3) is 0 Å². The standard InChI is InChI=1S/C16H29F3N4O2.HI/c1-13(16(17,18)19)22-6-8-23(9-7-22)15(20-2)21-5-11-24-12-14-4-3-10-25-14;/h13-14H,3-12H2,1-2H3,(H,20,21);1H. The summed E-state index contributed by atoms with van der Waals surface area (Å²) in [4.78, 5) is 7.67. The van der Waals surface area contributed by atoms with E-state index in [-0.39, 0.29) is 30.1 Å². The number of halogens is 4. The van der Waals surface area contributed by atoms with Crippen LogP contribution < -0.4 is 5.32 Å². The first-order chi connectivity index (χ1) is 11.9. The molecule has 0 saturated carbocycles. The van der Waals surface area contributed by atoms with E-state index >= 15 is 0 Å². The van der Waals surface area contributed by atoms with Crippen molar-refractivity contribution in [3.63, 3.8) is 0 Å². The maximum absolute atomic E-state index is 12.8. The Kier molecular flexibility index (Phi) is 10.5. The van der Waals surface area contributed by atoms with Gasteiger partial charge in [-0.3, -0.25) is 9.89 Å². The highest BCUT2D eigenvalue weighted by Crippen LogP contribution is 2.25. The number of nitrogens with zero attached hydrogens (tertiary/aromatic N) is 3. The zero-order valence-electron chi connectivity index (χ0n) is 15.4. The predicted molar refractivity (Wildman–Crippen MR) is 105 cm³/mol. The van der Waals surface area contributed by atoms with E-state index in [1.54, 1.807) is 7.05 Å². The van der Waals surface area contributed by atoms with Crippen molar-refractivity contribution in [2.24, 2.45) is 4.99 Å². The lowest BCUT2D eigenvalue weighted by Crippen LogP contribution is -2.57. The fraction of sp³-hybridized carbons (Fsp3) is 0.938. The Morgan fingerprint density at radius 2 is 2.00 bits per heavy atom. The van der Waals surface area contributed by atoms with Crippen molar-refractivity contribution in [3.05, 3.63) is 0 Å². The molecule has 2 aliphatic heterocycles. The van der Waals surface area contributed by atoms with Crippen LogP contribution in [0, 0.1) is 0 Å². The molecule has 2 atom stereocenters. The summed E-state index contributed by atoms with van der Waals surface area (Å²) in [5.41, 5.74) is 0. The number of ether oxygens (including phenoxy) is 2. The average molecular weight is 494 g/mol. The smallest absolute Gasteiger partial charge is 0.377 e. The molecule has 0 radical (unpaired) electrons. The van der Waals surface area contributed by atoms with E-state index in [9.17, 15) is 13.2 Å². The van der Waals surface area contributed by atoms with E-state index in [1.165, 1.54) is 11.8 Å². The molecule has 0 amide bonds. The second-order valence-corrected chi connectivity index (χ2v) is 6.42. The summed E-state index contributed by atoms with van der Waals surface area (Å²) in [6.45, 7) is 5.59. The molecule has 0 aliphatic carbocycles. The van der Waals surface area contributed by atoms with Crippen LogP contribution in [0.2, 0.25) is 0 Å². The zero-order chi connectivity index (χ0) is 18.3. The second kappa shape index (κ2) is 11.5. The molecule has 2 unspecified atom stereocenters. The number of nitrogens with one attached hydrogen (secondary N) is 1. The maximum atomic E-state index is 12.8. The fourth-order valence-corrected chi connectivity index (χ4v) is 3.09. The van der Waals surface area contributed by atoms with Crippen molar-refractivity contribution >= 4 is 29.9 Å². The van der Waals surface area contributed by atoms with Gasteiger partial charge in [-0.1, -0.05) is 0 Å². The molecule has 6 nitrogen and oxygen atoms in total. The monoisotopic (exact) mass is 494 g/mol. The summed E-state index contributed by atoms with van der Waals surface area (Å²) < 4.78 is 49.5. The van der Waals surface area contributed by atoms with E-state index in [0.29, 0.717) is 51.9 Å². The normalized spacial score (nSPS) is 23.7. The number of aliphatic imine (C=N–C) groups is 1. The summed E-state index contributed by atoms with van der Waals surface area (Å²) in [5.74, 6) is 0.708. The van der Waals surface area contributed by atoms with Crippen LogP contribution >= 0.6 is 24.0 Å². The molecule has 154 valence electrons. The molecular weight excluding hydrogens is 464 g/mol. The zero-order valence-corrected chi connectivity index (χ0v) is 17.8. The van der Waals surface area contributed by atoms with Crippen LogP contribution in [0.15, 0.2) is 4.99 Å². The van der Waals surface area contributed by atoms with Crippen molar-refractivity contribution in [1.29, 1.82) is 0 Å². The molecule has 0 aromatic rings. The predicted octanol–water partition coefficient (Wildman–Crippen LogP) is 1.94. The van der Waals surface area contributed by atoms with E-state index in [0.717, 1.165) is 19.4 Å². The van der Waals surface area contributed by atoms with Crippen molar-refractivity contribution in [2.45, 2.75) is 38.1 Å². The summed E-state index contributed by atoms with van der Waals surface area (Å²) >= 11 is 0. The number of rotatable bonds is 6. The second-order valence-electron chi connectivity index (χ2n) is 6.42. The number of hydrogen-bond donors (Lipinski definition) is 1. The number of alkyl halides is 3. The minimum atomic E-state index is -4.18. The van der Waals surface area contributed by atoms with Gasteiger partial charge >= 0.3 is 6.18 Å². The summed E-state index contributed by atoms with van der Waals surface area (Å²) in [5, 5.41) is 3.21. The molecule has 26 heavy (non-hydrogen) atoms. The number of hydrogen-bond acceptors (Lipinski definition) is 4. The van der Waals surface area contributed by atoms with E-state index in [4.69, 9.17) is 9.47 Å². The Labute approximate surface area is 170 Å². The van der Waals surface area contributed by atoms with Crippen LogP contribution in [0.25, 0.3) is 0 Å². The topological polar surface area (TPSA) is 49.3 Å². The average Bonchev–Trinajstić information content (AvgIpc) is 3.10. The Morgan fingerprint density at radius 1 is 1.31 bits per heavy atom. The Hall–Kier alpha value is -0.330. The molecule has 2 aliphatic rings. The Morgan fingerprint density at radius 3 is 2.54 bits per heavy atom. The third-order valence-electron chi connectivity index (χ3n) is 4.70. The Bertz CT molecular complexity index is 426. The van der Waals surface area contributed by atoms with Crippen molar-refractivity contribution in [1.82, 2.24) is 15.1 Å². The van der Waals surface area contributed by atoms with Crippen LogP contribution in [0.3, 0.4) is 0 Å². The highest BCUT2D eigenvalue weighted by atomic mass is 127. The molecule has 2 saturated heterocycles. The molecular formula is C16H30F3IN4O2. The van der Waals surface area contributed by atoms with Crippen LogP contribution in [0.5, 0.6) is 0 Å². The van der Waals surface area contributed by atoms with Gasteiger partial charge in [0.15, 0.2) is 5.96 Å². The molecule has 0 spiro atoms. The third-order valence-corrected chi connectivity index (χ3v) is 4.70. The molecule has 0 aromatic carbocycles. The van der Waals surface area contributed by atoms with E-state index < -0.39 is 12.2 Å². The van der Waals surface area contributed by atoms with Gasteiger partial charge in [0.2, 0.25) is 0 Å². The van der Waals surface area contributed by atoms with Crippen LogP contribution in [0.4, 0.5) is 13.2 Å². The highest BCUT2D eigenvalue weighted by molar-refractivity contribution is 14.0. The number of piperazine rings is 1. The van der Waals surface area contributed by atoms with Gasteiger partial charge in [0.05, 0.1) is 19.3 Å². The lowest BCUT2D eigenvalue weighted by molar-refractivity contribution is -0.181. The van der Waals surface area contributed by atoms with Crippen LogP contribution in [0.1, 0.15) is 19.8 Å². The largest absolute Gasteiger partial charge is 0.403 e. The lowest BCUT2D eigenvalue weighted by atomic mass is 10.2. The summed E-state index contributed by atoms with van der Waals surface area (Å²) in [6.07, 6.45) is -1.82. The van der Waals surface area contributed by atoms with Gasteiger partial charge in [-0.2, -0.15) is 13.2 Å². The SMILES string of the molecule is CN=C(NCCOCC1CCCO1)N1CCN(C(C)C(F)(F)F)CC1.I. The molecule has 1 N–H and O–H groups in total. The first kappa shape index (κ1) is 23.7. The van der Waals surface area contributed by atoms with E-state index in [1.807, 2.05) is 4.90 Å². The van der Waals surface area contributed by atoms with Crippen LogP contribution in [-0.2, 0) is 9.47 Å². The van der Waals surface area contributed by atoms with Gasteiger partial charge in [-0.15, -0.1) is 24.0 Å². The molecule has 0 aromatic heterocycles.